The summed E-state index contributed by atoms with van der Waals surface area (Å²) >= 11 is 0. The first-order valence-corrected chi connectivity index (χ1v) is 9.37. The Morgan fingerprint density at radius 2 is 1.92 bits per heavy atom. The number of carbonyl (C=O) groups excluding carboxylic acids is 1. The van der Waals surface area contributed by atoms with E-state index < -0.39 is 0 Å². The summed E-state index contributed by atoms with van der Waals surface area (Å²) in [5, 5.41) is 12.8. The van der Waals surface area contributed by atoms with Gasteiger partial charge in [0.05, 0.1) is 12.2 Å². The first-order valence-electron chi connectivity index (χ1n) is 9.37. The van der Waals surface area contributed by atoms with E-state index in [1.807, 2.05) is 31.2 Å². The number of aliphatic hydroxyl groups excluding tert-OH is 1. The van der Waals surface area contributed by atoms with Gasteiger partial charge in [0.1, 0.15) is 0 Å². The van der Waals surface area contributed by atoms with Crippen LogP contribution in [0.4, 0.5) is 5.69 Å². The lowest BCUT2D eigenvalue weighted by Gasteiger charge is -2.51. The first-order chi connectivity index (χ1) is 11.9. The van der Waals surface area contributed by atoms with Crippen LogP contribution in [0, 0.1) is 5.41 Å². The number of rotatable bonds is 5. The second-order valence-electron chi connectivity index (χ2n) is 7.79. The number of anilines is 1. The summed E-state index contributed by atoms with van der Waals surface area (Å²) in [4.78, 5) is 14.8. The standard InChI is InChI=1S/C20H30N2O3/c1-4-25-18-13-17(20(18,2)3)21-19(24)14-5-7-15(8-6-14)22-11-9-16(23)10-12-22/h5-8,16-18,23H,4,9-13H2,1-3H3,(H,21,24). The van der Waals surface area contributed by atoms with Crippen molar-refractivity contribution < 1.29 is 14.6 Å². The summed E-state index contributed by atoms with van der Waals surface area (Å²) in [5.74, 6) is -0.0198. The van der Waals surface area contributed by atoms with Crippen molar-refractivity contribution in [3.8, 4) is 0 Å². The molecule has 1 saturated heterocycles. The Labute approximate surface area is 150 Å². The minimum atomic E-state index is -0.173. The highest BCUT2D eigenvalue weighted by atomic mass is 16.5. The van der Waals surface area contributed by atoms with Crippen LogP contribution in [0.15, 0.2) is 24.3 Å². The van der Waals surface area contributed by atoms with Gasteiger partial charge in [-0.15, -0.1) is 0 Å². The fourth-order valence-electron chi connectivity index (χ4n) is 3.80. The van der Waals surface area contributed by atoms with Crippen LogP contribution < -0.4 is 10.2 Å². The number of hydrogen-bond acceptors (Lipinski definition) is 4. The highest BCUT2D eigenvalue weighted by Gasteiger charge is 2.49. The summed E-state index contributed by atoms with van der Waals surface area (Å²) in [7, 11) is 0. The Hall–Kier alpha value is -1.59. The van der Waals surface area contributed by atoms with Gasteiger partial charge < -0.3 is 20.1 Å². The van der Waals surface area contributed by atoms with Crippen molar-refractivity contribution in [2.75, 3.05) is 24.6 Å². The molecule has 1 aromatic rings. The summed E-state index contributed by atoms with van der Waals surface area (Å²) in [5.41, 5.74) is 1.78. The topological polar surface area (TPSA) is 61.8 Å². The Morgan fingerprint density at radius 3 is 2.48 bits per heavy atom. The van der Waals surface area contributed by atoms with Gasteiger partial charge in [-0.05, 0) is 50.5 Å². The van der Waals surface area contributed by atoms with Gasteiger partial charge in [0.2, 0.25) is 0 Å². The predicted octanol–water partition coefficient (Wildman–Crippen LogP) is 2.58. The number of benzene rings is 1. The molecule has 5 nitrogen and oxygen atoms in total. The minimum Gasteiger partial charge on any atom is -0.393 e. The second kappa shape index (κ2) is 7.34. The number of nitrogens with zero attached hydrogens (tertiary/aromatic N) is 1. The van der Waals surface area contributed by atoms with Gasteiger partial charge in [-0.25, -0.2) is 0 Å². The molecule has 2 unspecified atom stereocenters. The molecular weight excluding hydrogens is 316 g/mol. The molecule has 1 aliphatic carbocycles. The lowest BCUT2D eigenvalue weighted by molar-refractivity contribution is -0.111. The lowest BCUT2D eigenvalue weighted by atomic mass is 9.64. The zero-order valence-electron chi connectivity index (χ0n) is 15.5. The van der Waals surface area contributed by atoms with E-state index in [2.05, 4.69) is 24.1 Å². The Kier molecular flexibility index (Phi) is 5.35. The largest absolute Gasteiger partial charge is 0.393 e. The molecule has 25 heavy (non-hydrogen) atoms. The summed E-state index contributed by atoms with van der Waals surface area (Å²) in [6.45, 7) is 8.74. The van der Waals surface area contributed by atoms with Crippen LogP contribution >= 0.6 is 0 Å². The van der Waals surface area contributed by atoms with Crippen molar-refractivity contribution in [2.24, 2.45) is 5.41 Å². The van der Waals surface area contributed by atoms with Gasteiger partial charge in [0.15, 0.2) is 0 Å². The van der Waals surface area contributed by atoms with E-state index in [-0.39, 0.29) is 29.6 Å². The molecule has 2 N–H and O–H groups in total. The Morgan fingerprint density at radius 1 is 1.28 bits per heavy atom. The van der Waals surface area contributed by atoms with Crippen molar-refractivity contribution in [1.29, 1.82) is 0 Å². The van der Waals surface area contributed by atoms with E-state index in [1.54, 1.807) is 0 Å². The normalized spacial score (nSPS) is 26.2. The number of nitrogens with one attached hydrogen (secondary N) is 1. The fourth-order valence-corrected chi connectivity index (χ4v) is 3.80. The third-order valence-corrected chi connectivity index (χ3v) is 5.81. The first kappa shape index (κ1) is 18.2. The average molecular weight is 346 g/mol. The van der Waals surface area contributed by atoms with Crippen LogP contribution in [0.1, 0.15) is 50.4 Å². The maximum Gasteiger partial charge on any atom is 0.251 e. The van der Waals surface area contributed by atoms with Crippen molar-refractivity contribution in [3.63, 3.8) is 0 Å². The summed E-state index contributed by atoms with van der Waals surface area (Å²) in [6.07, 6.45) is 2.54. The third-order valence-electron chi connectivity index (χ3n) is 5.81. The van der Waals surface area contributed by atoms with Crippen molar-refractivity contribution in [2.45, 2.75) is 58.3 Å². The monoisotopic (exact) mass is 346 g/mol. The van der Waals surface area contributed by atoms with Gasteiger partial charge in [-0.3, -0.25) is 4.79 Å². The van der Waals surface area contributed by atoms with Crippen molar-refractivity contribution in [3.05, 3.63) is 29.8 Å². The van der Waals surface area contributed by atoms with E-state index in [0.717, 1.165) is 38.0 Å². The van der Waals surface area contributed by atoms with Crippen LogP contribution in [0.2, 0.25) is 0 Å². The highest BCUT2D eigenvalue weighted by molar-refractivity contribution is 5.94. The molecule has 2 fully saturated rings. The maximum absolute atomic E-state index is 12.5. The molecule has 1 aromatic carbocycles. The molecule has 0 spiro atoms. The molecule has 1 heterocycles. The van der Waals surface area contributed by atoms with Gasteiger partial charge in [0.25, 0.3) is 5.91 Å². The van der Waals surface area contributed by atoms with Crippen LogP contribution in [-0.4, -0.2) is 49.0 Å². The zero-order valence-corrected chi connectivity index (χ0v) is 15.5. The molecule has 1 amide bonds. The molecule has 1 aliphatic heterocycles. The van der Waals surface area contributed by atoms with E-state index >= 15 is 0 Å². The molecule has 3 rings (SSSR count). The van der Waals surface area contributed by atoms with Gasteiger partial charge in [0, 0.05) is 42.4 Å². The van der Waals surface area contributed by atoms with E-state index in [0.29, 0.717) is 12.2 Å². The van der Waals surface area contributed by atoms with Crippen LogP contribution in [0.3, 0.4) is 0 Å². The van der Waals surface area contributed by atoms with E-state index in [4.69, 9.17) is 4.74 Å². The molecule has 5 heteroatoms. The quantitative estimate of drug-likeness (QED) is 0.860. The molecule has 0 bridgehead atoms. The minimum absolute atomic E-state index is 0.0198. The summed E-state index contributed by atoms with van der Waals surface area (Å²) in [6, 6.07) is 7.94. The van der Waals surface area contributed by atoms with Crippen molar-refractivity contribution in [1.82, 2.24) is 5.32 Å². The maximum atomic E-state index is 12.5. The molecular formula is C20H30N2O3. The number of carbonyl (C=O) groups is 1. The molecule has 2 aliphatic rings. The fraction of sp³-hybridized carbons (Fsp3) is 0.650. The average Bonchev–Trinajstić information content (AvgIpc) is 2.61. The van der Waals surface area contributed by atoms with Crippen molar-refractivity contribution >= 4 is 11.6 Å². The molecule has 2 atom stereocenters. The van der Waals surface area contributed by atoms with Crippen LogP contribution in [0.25, 0.3) is 0 Å². The number of aliphatic hydroxyl groups is 1. The number of piperidine rings is 1. The van der Waals surface area contributed by atoms with E-state index in [9.17, 15) is 9.90 Å². The third kappa shape index (κ3) is 3.82. The number of hydrogen-bond donors (Lipinski definition) is 2. The second-order valence-corrected chi connectivity index (χ2v) is 7.79. The number of ether oxygens (including phenoxy) is 1. The lowest BCUT2D eigenvalue weighted by Crippen LogP contribution is -2.62. The van der Waals surface area contributed by atoms with Crippen LogP contribution in [0.5, 0.6) is 0 Å². The van der Waals surface area contributed by atoms with Crippen LogP contribution in [-0.2, 0) is 4.74 Å². The molecule has 0 radical (unpaired) electrons. The number of amides is 1. The molecule has 1 saturated carbocycles. The molecule has 138 valence electrons. The zero-order chi connectivity index (χ0) is 18.0. The Balaban J connectivity index is 1.56. The van der Waals surface area contributed by atoms with Gasteiger partial charge in [-0.1, -0.05) is 13.8 Å². The highest BCUT2D eigenvalue weighted by Crippen LogP contribution is 2.42. The summed E-state index contributed by atoms with van der Waals surface area (Å²) < 4.78 is 5.73. The smallest absolute Gasteiger partial charge is 0.251 e. The van der Waals surface area contributed by atoms with Gasteiger partial charge in [-0.2, -0.15) is 0 Å². The van der Waals surface area contributed by atoms with Gasteiger partial charge >= 0.3 is 0 Å². The predicted molar refractivity (Wildman–Crippen MR) is 99.0 cm³/mol. The SMILES string of the molecule is CCOC1CC(NC(=O)c2ccc(N3CCC(O)CC3)cc2)C1(C)C. The Bertz CT molecular complexity index is 591. The van der Waals surface area contributed by atoms with E-state index in [1.165, 1.54) is 0 Å². The molecule has 0 aromatic heterocycles.